The topological polar surface area (TPSA) is 43.8 Å². The second-order valence-electron chi connectivity index (χ2n) is 6.01. The molecule has 4 aromatic rings. The van der Waals surface area contributed by atoms with Crippen molar-refractivity contribution < 1.29 is 0 Å². The molecule has 0 aliphatic carbocycles. The van der Waals surface area contributed by atoms with Crippen molar-refractivity contribution >= 4 is 21.8 Å². The summed E-state index contributed by atoms with van der Waals surface area (Å²) in [7, 11) is 2.04. The van der Waals surface area contributed by atoms with E-state index in [0.29, 0.717) is 0 Å². The number of benzene rings is 3. The van der Waals surface area contributed by atoms with Gasteiger partial charge in [-0.05, 0) is 41.0 Å². The molecule has 23 heavy (non-hydrogen) atoms. The molecule has 0 bridgehead atoms. The van der Waals surface area contributed by atoms with Gasteiger partial charge in [0.1, 0.15) is 5.82 Å². The summed E-state index contributed by atoms with van der Waals surface area (Å²) in [6.45, 7) is 2.02. The molecule has 0 radical (unpaired) electrons. The summed E-state index contributed by atoms with van der Waals surface area (Å²) in [4.78, 5) is 4.62. The fourth-order valence-electron chi connectivity index (χ4n) is 3.23. The Bertz CT molecular complexity index is 1010. The zero-order valence-corrected chi connectivity index (χ0v) is 13.3. The Morgan fingerprint density at radius 2 is 1.78 bits per heavy atom. The molecule has 114 valence electrons. The minimum atomic E-state index is -0.159. The van der Waals surface area contributed by atoms with E-state index in [1.807, 2.05) is 14.0 Å². The van der Waals surface area contributed by atoms with Gasteiger partial charge in [-0.2, -0.15) is 0 Å². The van der Waals surface area contributed by atoms with Crippen LogP contribution >= 0.6 is 0 Å². The van der Waals surface area contributed by atoms with E-state index in [4.69, 9.17) is 5.73 Å². The van der Waals surface area contributed by atoms with Crippen molar-refractivity contribution in [2.24, 2.45) is 12.8 Å². The molecule has 4 rings (SSSR count). The maximum Gasteiger partial charge on any atom is 0.106 e. The van der Waals surface area contributed by atoms with E-state index in [9.17, 15) is 0 Å². The molecular weight excluding hydrogens is 282 g/mol. The Morgan fingerprint density at radius 1 is 1.00 bits per heavy atom. The lowest BCUT2D eigenvalue weighted by molar-refractivity contribution is 0.880. The number of hydrogen-bond donors (Lipinski definition) is 1. The Balaban J connectivity index is 1.86. The number of imidazole rings is 1. The summed E-state index contributed by atoms with van der Waals surface area (Å²) in [5.74, 6) is 1.01. The van der Waals surface area contributed by atoms with Gasteiger partial charge in [0, 0.05) is 7.05 Å². The molecule has 0 saturated heterocycles. The zero-order chi connectivity index (χ0) is 16.0. The average molecular weight is 301 g/mol. The standard InChI is InChI=1S/C20H19N3/c1-13-22-18-12-15(10-11-19(18)23(13)2)20(21)17-9-5-7-14-6-3-4-8-16(14)17/h3-12,20H,21H2,1-2H3. The van der Waals surface area contributed by atoms with E-state index < -0.39 is 0 Å². The maximum absolute atomic E-state index is 6.58. The highest BCUT2D eigenvalue weighted by Crippen LogP contribution is 2.29. The summed E-state index contributed by atoms with van der Waals surface area (Å²) >= 11 is 0. The van der Waals surface area contributed by atoms with Crippen LogP contribution in [0.3, 0.4) is 0 Å². The smallest absolute Gasteiger partial charge is 0.106 e. The Kier molecular flexibility index (Phi) is 3.17. The van der Waals surface area contributed by atoms with Crippen LogP contribution in [0.2, 0.25) is 0 Å². The van der Waals surface area contributed by atoms with Crippen LogP contribution in [0.1, 0.15) is 23.0 Å². The van der Waals surface area contributed by atoms with Crippen molar-refractivity contribution in [2.75, 3.05) is 0 Å². The van der Waals surface area contributed by atoms with Gasteiger partial charge in [0.2, 0.25) is 0 Å². The number of nitrogens with two attached hydrogens (primary N) is 1. The lowest BCUT2D eigenvalue weighted by atomic mass is 9.94. The molecule has 0 spiro atoms. The molecular formula is C20H19N3. The van der Waals surface area contributed by atoms with Gasteiger partial charge in [0.25, 0.3) is 0 Å². The summed E-state index contributed by atoms with van der Waals surface area (Å²) in [5, 5.41) is 2.43. The molecule has 0 fully saturated rings. The molecule has 0 aliphatic rings. The fraction of sp³-hybridized carbons (Fsp3) is 0.150. The lowest BCUT2D eigenvalue weighted by Gasteiger charge is -2.15. The van der Waals surface area contributed by atoms with Crippen molar-refractivity contribution in [2.45, 2.75) is 13.0 Å². The van der Waals surface area contributed by atoms with Crippen molar-refractivity contribution in [3.05, 3.63) is 77.6 Å². The van der Waals surface area contributed by atoms with Gasteiger partial charge in [0.15, 0.2) is 0 Å². The second kappa shape index (κ2) is 5.21. The first kappa shape index (κ1) is 14.0. The molecule has 0 saturated carbocycles. The SMILES string of the molecule is Cc1nc2cc(C(N)c3cccc4ccccc34)ccc2n1C. The van der Waals surface area contributed by atoms with Crippen LogP contribution in [-0.2, 0) is 7.05 Å². The lowest BCUT2D eigenvalue weighted by Crippen LogP contribution is -2.12. The molecule has 1 aromatic heterocycles. The molecule has 0 amide bonds. The maximum atomic E-state index is 6.58. The van der Waals surface area contributed by atoms with Gasteiger partial charge in [0.05, 0.1) is 17.1 Å². The molecule has 0 aliphatic heterocycles. The minimum Gasteiger partial charge on any atom is -0.331 e. The van der Waals surface area contributed by atoms with Crippen LogP contribution in [0.5, 0.6) is 0 Å². The largest absolute Gasteiger partial charge is 0.331 e. The number of rotatable bonds is 2. The van der Waals surface area contributed by atoms with Crippen LogP contribution in [0.25, 0.3) is 21.8 Å². The van der Waals surface area contributed by atoms with E-state index in [1.165, 1.54) is 10.8 Å². The van der Waals surface area contributed by atoms with Gasteiger partial charge in [-0.3, -0.25) is 0 Å². The predicted molar refractivity (Wildman–Crippen MR) is 95.4 cm³/mol. The number of nitrogens with zero attached hydrogens (tertiary/aromatic N) is 2. The zero-order valence-electron chi connectivity index (χ0n) is 13.3. The summed E-state index contributed by atoms with van der Waals surface area (Å²) < 4.78 is 2.10. The van der Waals surface area contributed by atoms with E-state index in [0.717, 1.165) is 28.0 Å². The minimum absolute atomic E-state index is 0.159. The number of fused-ring (bicyclic) bond motifs is 2. The molecule has 3 nitrogen and oxygen atoms in total. The second-order valence-corrected chi connectivity index (χ2v) is 6.01. The van der Waals surface area contributed by atoms with Gasteiger partial charge in [-0.25, -0.2) is 4.98 Å². The van der Waals surface area contributed by atoms with Gasteiger partial charge >= 0.3 is 0 Å². The first-order valence-electron chi connectivity index (χ1n) is 7.81. The number of aryl methyl sites for hydroxylation is 2. The first-order valence-corrected chi connectivity index (χ1v) is 7.81. The van der Waals surface area contributed by atoms with Crippen LogP contribution in [0.4, 0.5) is 0 Å². The molecule has 1 unspecified atom stereocenters. The average Bonchev–Trinajstić information content (AvgIpc) is 2.87. The third-order valence-corrected chi connectivity index (χ3v) is 4.65. The third kappa shape index (κ3) is 2.21. The molecule has 3 aromatic carbocycles. The monoisotopic (exact) mass is 301 g/mol. The molecule has 2 N–H and O–H groups in total. The van der Waals surface area contributed by atoms with E-state index >= 15 is 0 Å². The van der Waals surface area contributed by atoms with Gasteiger partial charge in [-0.1, -0.05) is 48.5 Å². The van der Waals surface area contributed by atoms with Crippen molar-refractivity contribution in [3.63, 3.8) is 0 Å². The third-order valence-electron chi connectivity index (χ3n) is 4.65. The normalized spacial score (nSPS) is 12.8. The quantitative estimate of drug-likeness (QED) is 0.606. The van der Waals surface area contributed by atoms with Gasteiger partial charge < -0.3 is 10.3 Å². The van der Waals surface area contributed by atoms with Crippen molar-refractivity contribution in [3.8, 4) is 0 Å². The van der Waals surface area contributed by atoms with Gasteiger partial charge in [-0.15, -0.1) is 0 Å². The summed E-state index contributed by atoms with van der Waals surface area (Å²) in [6, 6.07) is 20.8. The van der Waals surface area contributed by atoms with Crippen LogP contribution in [0.15, 0.2) is 60.7 Å². The van der Waals surface area contributed by atoms with E-state index in [1.54, 1.807) is 0 Å². The van der Waals surface area contributed by atoms with Crippen LogP contribution < -0.4 is 5.73 Å². The fourth-order valence-corrected chi connectivity index (χ4v) is 3.23. The summed E-state index contributed by atoms with van der Waals surface area (Å²) in [6.07, 6.45) is 0. The molecule has 1 atom stereocenters. The van der Waals surface area contributed by atoms with E-state index in [-0.39, 0.29) is 6.04 Å². The number of hydrogen-bond acceptors (Lipinski definition) is 2. The Hall–Kier alpha value is -2.65. The van der Waals surface area contributed by atoms with Crippen molar-refractivity contribution in [1.82, 2.24) is 9.55 Å². The Labute approximate surface area is 135 Å². The van der Waals surface area contributed by atoms with E-state index in [2.05, 4.69) is 70.2 Å². The molecule has 1 heterocycles. The predicted octanol–water partition coefficient (Wildman–Crippen LogP) is 4.08. The first-order chi connectivity index (χ1) is 11.1. The highest BCUT2D eigenvalue weighted by Gasteiger charge is 2.14. The summed E-state index contributed by atoms with van der Waals surface area (Å²) in [5.41, 5.74) is 11.0. The highest BCUT2D eigenvalue weighted by molar-refractivity contribution is 5.86. The van der Waals surface area contributed by atoms with Crippen LogP contribution in [-0.4, -0.2) is 9.55 Å². The molecule has 3 heteroatoms. The van der Waals surface area contributed by atoms with Crippen LogP contribution in [0, 0.1) is 6.92 Å². The van der Waals surface area contributed by atoms with Crippen molar-refractivity contribution in [1.29, 1.82) is 0 Å². The Morgan fingerprint density at radius 3 is 2.65 bits per heavy atom. The highest BCUT2D eigenvalue weighted by atomic mass is 15.0. The number of aromatic nitrogens is 2.